The van der Waals surface area contributed by atoms with Crippen molar-refractivity contribution in [1.29, 1.82) is 0 Å². The molecule has 10 rings (SSSR count). The van der Waals surface area contributed by atoms with Gasteiger partial charge in [-0.3, -0.25) is 0 Å². The van der Waals surface area contributed by atoms with E-state index in [9.17, 15) is 0 Å². The summed E-state index contributed by atoms with van der Waals surface area (Å²) in [6.07, 6.45) is 19.5. The number of benzene rings is 4. The number of hydrogen-bond acceptors (Lipinski definition) is 0. The zero-order valence-electron chi connectivity index (χ0n) is 33.4. The van der Waals surface area contributed by atoms with E-state index >= 15 is 0 Å². The van der Waals surface area contributed by atoms with Crippen molar-refractivity contribution in [2.75, 3.05) is 0 Å². The van der Waals surface area contributed by atoms with Gasteiger partial charge in [-0.1, -0.05) is 185 Å². The van der Waals surface area contributed by atoms with Gasteiger partial charge in [0.2, 0.25) is 0 Å². The smallest absolute Gasteiger partial charge is 0.0789 e. The highest BCUT2D eigenvalue weighted by molar-refractivity contribution is 6.61. The van der Waals surface area contributed by atoms with E-state index in [2.05, 4.69) is 177 Å². The molecule has 4 heteroatoms. The van der Waals surface area contributed by atoms with Crippen molar-refractivity contribution >= 4 is 38.1 Å². The van der Waals surface area contributed by atoms with Crippen molar-refractivity contribution in [2.45, 2.75) is 66.2 Å². The molecule has 0 saturated carbocycles. The van der Waals surface area contributed by atoms with E-state index in [0.29, 0.717) is 0 Å². The van der Waals surface area contributed by atoms with E-state index < -0.39 is 0 Å². The molecule has 4 aliphatic heterocycles. The Bertz CT molecular complexity index is 2220. The van der Waals surface area contributed by atoms with Gasteiger partial charge in [-0.15, -0.1) is 0 Å². The van der Waals surface area contributed by atoms with E-state index in [1.54, 1.807) is 63.8 Å². The maximum Gasteiger partial charge on any atom is 0.0789 e. The normalized spacial score (nSPS) is 21.0. The van der Waals surface area contributed by atoms with Crippen molar-refractivity contribution in [3.63, 3.8) is 0 Å². The maximum absolute atomic E-state index is 2.48. The number of hydrogen-bond donors (Lipinski definition) is 0. The predicted octanol–water partition coefficient (Wildman–Crippen LogP) is 9.02. The van der Waals surface area contributed by atoms with Crippen molar-refractivity contribution in [2.24, 2.45) is 0 Å². The summed E-state index contributed by atoms with van der Waals surface area (Å²) in [6.45, 7) is 18.3. The van der Waals surface area contributed by atoms with Gasteiger partial charge < -0.3 is 0 Å². The fraction of sp³-hybridized carbons (Fsp3) is 0.200. The SMILES string of the molecule is CC1=CC=C(C2(C3=CC=C(C)[SiH2]3)c3cc(C)ccc3-c3ccc(C)cc32)[SiH2]1.CC1=CC=C(C2(C3=CC=C(C)[SiH2]3)c3cc(C)ccc3-c3ccc(C)cc32)[SiH2]1. The average molecular weight is 765 g/mol. The minimum absolute atomic E-state index is 0.00364. The van der Waals surface area contributed by atoms with Crippen LogP contribution in [0.25, 0.3) is 22.3 Å². The van der Waals surface area contributed by atoms with Crippen LogP contribution >= 0.6 is 0 Å². The van der Waals surface area contributed by atoms with E-state index in [0.717, 1.165) is 0 Å². The molecule has 0 radical (unpaired) electrons. The standard InChI is InChI=1S/2C25H26Si2/c2*1-15-5-9-19-20-10-6-16(2)14-22(20)25(21(19)13-15,23-11-7-17(3)26-23)24-12-8-18(4)27-24/h2*5-14H,26-27H2,1-4H3. The van der Waals surface area contributed by atoms with E-state index in [1.165, 1.54) is 44.5 Å². The first-order valence-electron chi connectivity index (χ1n) is 19.9. The van der Waals surface area contributed by atoms with Gasteiger partial charge in [0.05, 0.1) is 48.9 Å². The summed E-state index contributed by atoms with van der Waals surface area (Å²) in [7, 11) is -1.51. The Morgan fingerprint density at radius 2 is 0.519 bits per heavy atom. The highest BCUT2D eigenvalue weighted by atomic mass is 28.2. The lowest BCUT2D eigenvalue weighted by Gasteiger charge is -2.37. The molecular formula is C50H52Si4. The summed E-state index contributed by atoms with van der Waals surface area (Å²) >= 11 is 0. The molecule has 0 atom stereocenters. The summed E-state index contributed by atoms with van der Waals surface area (Å²) in [4.78, 5) is 0. The third kappa shape index (κ3) is 5.32. The molecule has 54 heavy (non-hydrogen) atoms. The van der Waals surface area contributed by atoms with Crippen molar-refractivity contribution < 1.29 is 0 Å². The fourth-order valence-corrected chi connectivity index (χ4v) is 18.9. The second-order valence-electron chi connectivity index (χ2n) is 17.2. The quantitative estimate of drug-likeness (QED) is 0.182. The minimum atomic E-state index is -0.378. The number of aryl methyl sites for hydroxylation is 4. The fourth-order valence-electron chi connectivity index (χ4n) is 10.6. The zero-order valence-corrected chi connectivity index (χ0v) is 39.0. The summed E-state index contributed by atoms with van der Waals surface area (Å²) in [5, 5.41) is 13.3. The lowest BCUT2D eigenvalue weighted by atomic mass is 9.75. The third-order valence-corrected chi connectivity index (χ3v) is 20.7. The first-order valence-corrected chi connectivity index (χ1v) is 25.6. The Morgan fingerprint density at radius 3 is 0.704 bits per heavy atom. The second kappa shape index (κ2) is 13.2. The van der Waals surface area contributed by atoms with Gasteiger partial charge in [-0.2, -0.15) is 0 Å². The Labute approximate surface area is 332 Å². The van der Waals surface area contributed by atoms with Gasteiger partial charge in [0.1, 0.15) is 0 Å². The van der Waals surface area contributed by atoms with Crippen LogP contribution < -0.4 is 0 Å². The molecule has 268 valence electrons. The Kier molecular flexibility index (Phi) is 8.62. The Balaban J connectivity index is 0.000000142. The van der Waals surface area contributed by atoms with Crippen LogP contribution in [0.15, 0.2) is 163 Å². The maximum atomic E-state index is 2.48. The average Bonchev–Trinajstić information content (AvgIpc) is 4.00. The van der Waals surface area contributed by atoms with Gasteiger partial charge in [0.25, 0.3) is 0 Å². The van der Waals surface area contributed by atoms with E-state index in [4.69, 9.17) is 0 Å². The van der Waals surface area contributed by atoms with Gasteiger partial charge in [-0.05, 0) is 99.9 Å². The van der Waals surface area contributed by atoms with Crippen LogP contribution in [0.2, 0.25) is 0 Å². The first-order chi connectivity index (χ1) is 26.0. The first kappa shape index (κ1) is 35.4. The number of fused-ring (bicyclic) bond motifs is 6. The number of rotatable bonds is 4. The molecule has 4 aromatic carbocycles. The molecule has 6 aliphatic rings. The van der Waals surface area contributed by atoms with E-state index in [1.807, 2.05) is 0 Å². The van der Waals surface area contributed by atoms with Gasteiger partial charge in [-0.25, -0.2) is 0 Å². The second-order valence-corrected chi connectivity index (χ2v) is 26.1. The molecule has 0 aromatic heterocycles. The molecule has 0 unspecified atom stereocenters. The molecular weight excluding hydrogens is 713 g/mol. The molecule has 2 aliphatic carbocycles. The Morgan fingerprint density at radius 1 is 0.296 bits per heavy atom. The van der Waals surface area contributed by atoms with Crippen LogP contribution in [0.1, 0.15) is 72.2 Å². The van der Waals surface area contributed by atoms with Gasteiger partial charge in [0.15, 0.2) is 0 Å². The van der Waals surface area contributed by atoms with Crippen molar-refractivity contribution in [3.8, 4) is 22.3 Å². The van der Waals surface area contributed by atoms with Crippen LogP contribution in [0, 0.1) is 27.7 Å². The van der Waals surface area contributed by atoms with Crippen LogP contribution in [0.3, 0.4) is 0 Å². The highest BCUT2D eigenvalue weighted by Gasteiger charge is 2.50. The van der Waals surface area contributed by atoms with Crippen LogP contribution in [0.5, 0.6) is 0 Å². The van der Waals surface area contributed by atoms with Crippen molar-refractivity contribution in [3.05, 3.63) is 207 Å². The summed E-state index contributed by atoms with van der Waals surface area (Å²) in [5.41, 5.74) is 17.5. The van der Waals surface area contributed by atoms with Crippen LogP contribution in [-0.4, -0.2) is 38.1 Å². The summed E-state index contributed by atoms with van der Waals surface area (Å²) in [5.74, 6) is 0. The van der Waals surface area contributed by atoms with Gasteiger partial charge >= 0.3 is 0 Å². The third-order valence-electron chi connectivity index (χ3n) is 13.0. The van der Waals surface area contributed by atoms with Crippen molar-refractivity contribution in [1.82, 2.24) is 0 Å². The van der Waals surface area contributed by atoms with E-state index in [-0.39, 0.29) is 48.9 Å². The van der Waals surface area contributed by atoms with Crippen LogP contribution in [-0.2, 0) is 10.8 Å². The monoisotopic (exact) mass is 764 g/mol. The Hall–Kier alpha value is -4.33. The zero-order chi connectivity index (χ0) is 37.5. The highest BCUT2D eigenvalue weighted by Crippen LogP contribution is 2.59. The molecule has 0 fully saturated rings. The molecule has 0 nitrogen and oxygen atoms in total. The van der Waals surface area contributed by atoms with Crippen LogP contribution in [0.4, 0.5) is 0 Å². The molecule has 0 amide bonds. The number of allylic oxidation sites excluding steroid dienone is 16. The largest absolute Gasteiger partial charge is 0.0860 e. The lowest BCUT2D eigenvalue weighted by molar-refractivity contribution is 0.802. The molecule has 4 heterocycles. The lowest BCUT2D eigenvalue weighted by Crippen LogP contribution is -2.34. The topological polar surface area (TPSA) is 0 Å². The summed E-state index contributed by atoms with van der Waals surface area (Å²) in [6, 6.07) is 28.5. The molecule has 0 bridgehead atoms. The molecule has 0 spiro atoms. The van der Waals surface area contributed by atoms with Gasteiger partial charge in [0, 0.05) is 0 Å². The minimum Gasteiger partial charge on any atom is -0.0860 e. The predicted molar refractivity (Wildman–Crippen MR) is 246 cm³/mol. The molecule has 0 saturated heterocycles. The molecule has 4 aromatic rings. The molecule has 0 N–H and O–H groups in total. The summed E-state index contributed by atoms with van der Waals surface area (Å²) < 4.78 is 0.